The highest BCUT2D eigenvalue weighted by Crippen LogP contribution is 2.38. The standard InChI is InChI=1S/C25H27F2N5O2/c1-13-17(6-5-7-20(13)25(26,27)12-33)14(2)28-23-19-11-22-21(10-18(19)15(3)29-30-23)31(4)24(34)32(22)16-8-9-16/h5-7,10-11,14,16,33H,8-9,12H2,1-4H3,(H,28,30)/t14-/m1/s1. The lowest BCUT2D eigenvalue weighted by Crippen LogP contribution is -2.21. The molecule has 2 aromatic carbocycles. The Hall–Kier alpha value is -3.33. The molecule has 2 heterocycles. The average Bonchev–Trinajstić information content (AvgIpc) is 3.61. The molecule has 1 atom stereocenters. The van der Waals surface area contributed by atoms with Crippen LogP contribution in [0.4, 0.5) is 14.6 Å². The van der Waals surface area contributed by atoms with Crippen molar-refractivity contribution in [2.45, 2.75) is 51.6 Å². The predicted molar refractivity (Wildman–Crippen MR) is 127 cm³/mol. The maximum absolute atomic E-state index is 14.2. The highest BCUT2D eigenvalue weighted by molar-refractivity contribution is 6.01. The van der Waals surface area contributed by atoms with Crippen molar-refractivity contribution in [2.24, 2.45) is 7.05 Å². The molecule has 0 spiro atoms. The Kier molecular flexibility index (Phi) is 5.20. The number of aliphatic hydroxyl groups excluding tert-OH is 1. The van der Waals surface area contributed by atoms with Crippen molar-refractivity contribution < 1.29 is 13.9 Å². The van der Waals surface area contributed by atoms with Crippen molar-refractivity contribution >= 4 is 27.6 Å². The van der Waals surface area contributed by atoms with E-state index in [0.29, 0.717) is 16.9 Å². The summed E-state index contributed by atoms with van der Waals surface area (Å²) >= 11 is 0. The zero-order valence-corrected chi connectivity index (χ0v) is 19.6. The Morgan fingerprint density at radius 1 is 1.18 bits per heavy atom. The third kappa shape index (κ3) is 3.46. The molecule has 2 aromatic heterocycles. The molecule has 1 aliphatic rings. The summed E-state index contributed by atoms with van der Waals surface area (Å²) in [4.78, 5) is 12.9. The number of hydrogen-bond acceptors (Lipinski definition) is 5. The lowest BCUT2D eigenvalue weighted by atomic mass is 9.94. The molecule has 0 amide bonds. The van der Waals surface area contributed by atoms with Crippen LogP contribution in [0.5, 0.6) is 0 Å². The number of aryl methyl sites for hydroxylation is 2. The van der Waals surface area contributed by atoms with Gasteiger partial charge in [-0.05, 0) is 56.9 Å². The first-order valence-electron chi connectivity index (χ1n) is 11.4. The highest BCUT2D eigenvalue weighted by atomic mass is 19.3. The maximum atomic E-state index is 14.2. The normalized spacial score (nSPS) is 15.3. The van der Waals surface area contributed by atoms with Crippen LogP contribution in [0.2, 0.25) is 0 Å². The number of benzene rings is 2. The van der Waals surface area contributed by atoms with E-state index < -0.39 is 12.5 Å². The average molecular weight is 468 g/mol. The van der Waals surface area contributed by atoms with Crippen molar-refractivity contribution in [1.29, 1.82) is 0 Å². The van der Waals surface area contributed by atoms with Gasteiger partial charge in [0.15, 0.2) is 5.82 Å². The first kappa shape index (κ1) is 22.5. The number of aromatic nitrogens is 4. The van der Waals surface area contributed by atoms with E-state index in [2.05, 4.69) is 15.5 Å². The Bertz CT molecular complexity index is 1490. The van der Waals surface area contributed by atoms with E-state index in [4.69, 9.17) is 5.11 Å². The molecule has 0 unspecified atom stereocenters. The van der Waals surface area contributed by atoms with Gasteiger partial charge in [-0.25, -0.2) is 4.79 Å². The van der Waals surface area contributed by atoms with E-state index >= 15 is 0 Å². The lowest BCUT2D eigenvalue weighted by Gasteiger charge is -2.23. The molecule has 5 rings (SSSR count). The molecule has 0 saturated heterocycles. The van der Waals surface area contributed by atoms with E-state index in [0.717, 1.165) is 40.3 Å². The first-order chi connectivity index (χ1) is 16.1. The van der Waals surface area contributed by atoms with Crippen LogP contribution in [0.3, 0.4) is 0 Å². The second-order valence-corrected chi connectivity index (χ2v) is 9.21. The SMILES string of the molecule is Cc1c([C@@H](C)Nc2nnc(C)c3cc4c(cc23)n(C2CC2)c(=O)n4C)cccc1C(F)(F)CO. The second kappa shape index (κ2) is 7.87. The molecule has 1 saturated carbocycles. The summed E-state index contributed by atoms with van der Waals surface area (Å²) in [7, 11) is 1.78. The first-order valence-corrected chi connectivity index (χ1v) is 11.4. The Balaban J connectivity index is 1.62. The maximum Gasteiger partial charge on any atom is 0.329 e. The Labute approximate surface area is 195 Å². The summed E-state index contributed by atoms with van der Waals surface area (Å²) in [6.45, 7) is 4.13. The third-order valence-corrected chi connectivity index (χ3v) is 6.87. The summed E-state index contributed by atoms with van der Waals surface area (Å²) in [5.74, 6) is -2.80. The van der Waals surface area contributed by atoms with Gasteiger partial charge in [-0.3, -0.25) is 9.13 Å². The van der Waals surface area contributed by atoms with E-state index in [1.165, 1.54) is 6.07 Å². The number of anilines is 1. The Morgan fingerprint density at radius 2 is 1.88 bits per heavy atom. The molecule has 9 heteroatoms. The zero-order chi connectivity index (χ0) is 24.4. The Morgan fingerprint density at radius 3 is 2.56 bits per heavy atom. The van der Waals surface area contributed by atoms with Crippen LogP contribution in [0.25, 0.3) is 21.8 Å². The van der Waals surface area contributed by atoms with Crippen LogP contribution in [-0.4, -0.2) is 31.0 Å². The predicted octanol–water partition coefficient (Wildman–Crippen LogP) is 4.49. The second-order valence-electron chi connectivity index (χ2n) is 9.21. The lowest BCUT2D eigenvalue weighted by molar-refractivity contribution is -0.0561. The van der Waals surface area contributed by atoms with E-state index in [1.54, 1.807) is 30.7 Å². The third-order valence-electron chi connectivity index (χ3n) is 6.87. The van der Waals surface area contributed by atoms with Gasteiger partial charge in [0.05, 0.1) is 22.8 Å². The molecule has 0 radical (unpaired) electrons. The van der Waals surface area contributed by atoms with Crippen LogP contribution in [-0.2, 0) is 13.0 Å². The van der Waals surface area contributed by atoms with E-state index in [9.17, 15) is 13.6 Å². The monoisotopic (exact) mass is 467 g/mol. The fourth-order valence-corrected chi connectivity index (χ4v) is 4.81. The number of rotatable bonds is 6. The van der Waals surface area contributed by atoms with Gasteiger partial charge < -0.3 is 10.4 Å². The summed E-state index contributed by atoms with van der Waals surface area (Å²) in [5, 5.41) is 22.9. The van der Waals surface area contributed by atoms with Gasteiger partial charge in [-0.15, -0.1) is 5.10 Å². The van der Waals surface area contributed by atoms with Gasteiger partial charge in [0.2, 0.25) is 0 Å². The minimum absolute atomic E-state index is 0.0356. The molecule has 1 aliphatic carbocycles. The molecular weight excluding hydrogens is 440 g/mol. The van der Waals surface area contributed by atoms with E-state index in [1.807, 2.05) is 30.5 Å². The number of nitrogens with one attached hydrogen (secondary N) is 1. The number of hydrogen-bond donors (Lipinski definition) is 2. The van der Waals surface area contributed by atoms with Gasteiger partial charge in [0.1, 0.15) is 6.61 Å². The topological polar surface area (TPSA) is 85.0 Å². The number of alkyl halides is 2. The molecule has 2 N–H and O–H groups in total. The number of aliphatic hydroxyl groups is 1. The number of nitrogens with zero attached hydrogens (tertiary/aromatic N) is 4. The molecular formula is C25H27F2N5O2. The highest BCUT2D eigenvalue weighted by Gasteiger charge is 2.33. The van der Waals surface area contributed by atoms with Gasteiger partial charge in [0, 0.05) is 29.4 Å². The largest absolute Gasteiger partial charge is 0.390 e. The molecule has 0 aliphatic heterocycles. The minimum Gasteiger partial charge on any atom is -0.390 e. The summed E-state index contributed by atoms with van der Waals surface area (Å²) in [6, 6.07) is 8.51. The van der Waals surface area contributed by atoms with Crippen molar-refractivity contribution in [2.75, 3.05) is 11.9 Å². The molecule has 34 heavy (non-hydrogen) atoms. The smallest absolute Gasteiger partial charge is 0.329 e. The van der Waals surface area contributed by atoms with Crippen molar-refractivity contribution in [3.63, 3.8) is 0 Å². The fourth-order valence-electron chi connectivity index (χ4n) is 4.81. The molecule has 178 valence electrons. The van der Waals surface area contributed by atoms with Gasteiger partial charge in [-0.1, -0.05) is 18.2 Å². The van der Waals surface area contributed by atoms with Gasteiger partial charge >= 0.3 is 5.69 Å². The summed E-state index contributed by atoms with van der Waals surface area (Å²) < 4.78 is 32.0. The molecule has 4 aromatic rings. The van der Waals surface area contributed by atoms with E-state index in [-0.39, 0.29) is 23.3 Å². The van der Waals surface area contributed by atoms with Crippen molar-refractivity contribution in [1.82, 2.24) is 19.3 Å². The van der Waals surface area contributed by atoms with Crippen molar-refractivity contribution in [3.05, 3.63) is 63.2 Å². The fraction of sp³-hybridized carbons (Fsp3) is 0.400. The molecule has 7 nitrogen and oxygen atoms in total. The van der Waals surface area contributed by atoms with Gasteiger partial charge in [-0.2, -0.15) is 13.9 Å². The number of halogens is 2. The van der Waals surface area contributed by atoms with Crippen LogP contribution < -0.4 is 11.0 Å². The van der Waals surface area contributed by atoms with Crippen molar-refractivity contribution in [3.8, 4) is 0 Å². The number of fused-ring (bicyclic) bond motifs is 2. The van der Waals surface area contributed by atoms with Crippen LogP contribution >= 0.6 is 0 Å². The van der Waals surface area contributed by atoms with Crippen LogP contribution in [0.15, 0.2) is 35.1 Å². The number of imidazole rings is 1. The van der Waals surface area contributed by atoms with Crippen LogP contribution in [0.1, 0.15) is 54.2 Å². The minimum atomic E-state index is -3.32. The molecule has 0 bridgehead atoms. The molecule has 1 fully saturated rings. The summed E-state index contributed by atoms with van der Waals surface area (Å²) in [5.41, 5.74) is 3.30. The zero-order valence-electron chi connectivity index (χ0n) is 19.6. The van der Waals surface area contributed by atoms with Crippen LogP contribution in [0, 0.1) is 13.8 Å². The quantitative estimate of drug-likeness (QED) is 0.436. The van der Waals surface area contributed by atoms with Gasteiger partial charge in [0.25, 0.3) is 5.92 Å². The summed E-state index contributed by atoms with van der Waals surface area (Å²) in [6.07, 6.45) is 1.97.